The summed E-state index contributed by atoms with van der Waals surface area (Å²) in [5.41, 5.74) is 0.266. The standard InChI is InChI=1S/C23H28N4O3/c1-3-25(4-2)14-15-26(16-18-10-6-5-7-11-18)21(28)17-27-23(30)20-13-9-8-12-19(20)22(29)24-27/h5-13H,3-4,14-17H2,1-2H3,(H,24,29). The summed E-state index contributed by atoms with van der Waals surface area (Å²) in [6.07, 6.45) is 0. The average molecular weight is 409 g/mol. The zero-order valence-electron chi connectivity index (χ0n) is 17.5. The van der Waals surface area contributed by atoms with E-state index in [1.165, 1.54) is 0 Å². The molecule has 1 N–H and O–H groups in total. The van der Waals surface area contributed by atoms with Crippen LogP contribution in [0, 0.1) is 0 Å². The lowest BCUT2D eigenvalue weighted by atomic mass is 10.2. The number of likely N-dealkylation sites (N-methyl/N-ethyl adjacent to an activating group) is 1. The third kappa shape index (κ3) is 5.04. The fourth-order valence-electron chi connectivity index (χ4n) is 3.49. The van der Waals surface area contributed by atoms with Crippen molar-refractivity contribution in [2.24, 2.45) is 0 Å². The first kappa shape index (κ1) is 21.5. The van der Waals surface area contributed by atoms with Gasteiger partial charge in [-0.3, -0.25) is 19.5 Å². The minimum Gasteiger partial charge on any atom is -0.335 e. The van der Waals surface area contributed by atoms with Crippen molar-refractivity contribution in [3.63, 3.8) is 0 Å². The van der Waals surface area contributed by atoms with Gasteiger partial charge in [-0.05, 0) is 30.8 Å². The van der Waals surface area contributed by atoms with Crippen molar-refractivity contribution in [3.05, 3.63) is 80.9 Å². The molecule has 30 heavy (non-hydrogen) atoms. The van der Waals surface area contributed by atoms with Gasteiger partial charge in [-0.2, -0.15) is 0 Å². The average Bonchev–Trinajstić information content (AvgIpc) is 2.77. The molecule has 7 heteroatoms. The number of amides is 1. The van der Waals surface area contributed by atoms with E-state index in [1.54, 1.807) is 29.2 Å². The van der Waals surface area contributed by atoms with Gasteiger partial charge in [0.25, 0.3) is 11.1 Å². The van der Waals surface area contributed by atoms with Crippen LogP contribution in [0.3, 0.4) is 0 Å². The number of aromatic amines is 1. The van der Waals surface area contributed by atoms with Gasteiger partial charge in [-0.1, -0.05) is 56.3 Å². The molecule has 0 aliphatic carbocycles. The van der Waals surface area contributed by atoms with E-state index in [9.17, 15) is 14.4 Å². The minimum absolute atomic E-state index is 0.204. The molecule has 2 aromatic carbocycles. The SMILES string of the molecule is CCN(CC)CCN(Cc1ccccc1)C(=O)Cn1[nH]c(=O)c2ccccc2c1=O. The molecule has 158 valence electrons. The van der Waals surface area contributed by atoms with E-state index in [4.69, 9.17) is 0 Å². The zero-order valence-corrected chi connectivity index (χ0v) is 17.5. The summed E-state index contributed by atoms with van der Waals surface area (Å²) < 4.78 is 1.11. The van der Waals surface area contributed by atoms with Crippen LogP contribution in [0.1, 0.15) is 19.4 Å². The zero-order chi connectivity index (χ0) is 21.5. The van der Waals surface area contributed by atoms with Gasteiger partial charge in [-0.25, -0.2) is 4.68 Å². The highest BCUT2D eigenvalue weighted by molar-refractivity contribution is 5.81. The van der Waals surface area contributed by atoms with Gasteiger partial charge in [0.1, 0.15) is 6.54 Å². The van der Waals surface area contributed by atoms with E-state index in [1.807, 2.05) is 30.3 Å². The Kier molecular flexibility index (Phi) is 7.19. The summed E-state index contributed by atoms with van der Waals surface area (Å²) in [7, 11) is 0. The maximum Gasteiger partial charge on any atom is 0.273 e. The largest absolute Gasteiger partial charge is 0.335 e. The molecule has 1 amide bonds. The number of rotatable bonds is 9. The molecule has 0 spiro atoms. The predicted octanol–water partition coefficient (Wildman–Crippen LogP) is 2.06. The van der Waals surface area contributed by atoms with E-state index >= 15 is 0 Å². The fraction of sp³-hybridized carbons (Fsp3) is 0.348. The Balaban J connectivity index is 1.85. The van der Waals surface area contributed by atoms with Crippen molar-refractivity contribution in [3.8, 4) is 0 Å². The van der Waals surface area contributed by atoms with Crippen molar-refractivity contribution in [2.45, 2.75) is 26.9 Å². The van der Waals surface area contributed by atoms with Crippen LogP contribution < -0.4 is 11.1 Å². The molecular weight excluding hydrogens is 380 g/mol. The molecule has 0 fully saturated rings. The Morgan fingerprint density at radius 1 is 0.900 bits per heavy atom. The van der Waals surface area contributed by atoms with Gasteiger partial charge in [0.15, 0.2) is 0 Å². The first-order chi connectivity index (χ1) is 14.5. The van der Waals surface area contributed by atoms with Crippen LogP contribution >= 0.6 is 0 Å². The molecule has 0 radical (unpaired) electrons. The second-order valence-electron chi connectivity index (χ2n) is 7.21. The van der Waals surface area contributed by atoms with Crippen molar-refractivity contribution in [1.29, 1.82) is 0 Å². The molecule has 3 aromatic rings. The molecule has 0 bridgehead atoms. The van der Waals surface area contributed by atoms with Gasteiger partial charge < -0.3 is 9.80 Å². The van der Waals surface area contributed by atoms with Crippen LogP contribution in [0.15, 0.2) is 64.2 Å². The molecule has 0 atom stereocenters. The normalized spacial score (nSPS) is 11.2. The lowest BCUT2D eigenvalue weighted by molar-refractivity contribution is -0.133. The highest BCUT2D eigenvalue weighted by Gasteiger charge is 2.17. The molecule has 3 rings (SSSR count). The third-order valence-corrected chi connectivity index (χ3v) is 5.33. The van der Waals surface area contributed by atoms with E-state index in [2.05, 4.69) is 23.8 Å². The first-order valence-electron chi connectivity index (χ1n) is 10.3. The Labute approximate surface area is 175 Å². The van der Waals surface area contributed by atoms with Crippen molar-refractivity contribution in [1.82, 2.24) is 19.6 Å². The van der Waals surface area contributed by atoms with E-state index < -0.39 is 0 Å². The minimum atomic E-state index is -0.379. The summed E-state index contributed by atoms with van der Waals surface area (Å²) >= 11 is 0. The summed E-state index contributed by atoms with van der Waals surface area (Å²) in [6, 6.07) is 16.4. The number of hydrogen-bond donors (Lipinski definition) is 1. The molecule has 1 heterocycles. The number of aromatic nitrogens is 2. The Morgan fingerprint density at radius 3 is 2.20 bits per heavy atom. The molecule has 0 aliphatic heterocycles. The van der Waals surface area contributed by atoms with E-state index in [0.717, 1.165) is 29.9 Å². The first-order valence-corrected chi connectivity index (χ1v) is 10.3. The van der Waals surface area contributed by atoms with Crippen molar-refractivity contribution in [2.75, 3.05) is 26.2 Å². The smallest absolute Gasteiger partial charge is 0.273 e. The van der Waals surface area contributed by atoms with E-state index in [-0.39, 0.29) is 23.6 Å². The summed E-state index contributed by atoms with van der Waals surface area (Å²) in [5.74, 6) is -0.209. The van der Waals surface area contributed by atoms with Crippen LogP contribution in [0.25, 0.3) is 10.8 Å². The number of carbonyl (C=O) groups excluding carboxylic acids is 1. The van der Waals surface area contributed by atoms with Crippen LogP contribution in [0.2, 0.25) is 0 Å². The highest BCUT2D eigenvalue weighted by atomic mass is 16.2. The van der Waals surface area contributed by atoms with Gasteiger partial charge in [0.05, 0.1) is 10.8 Å². The second kappa shape index (κ2) is 10.0. The summed E-state index contributed by atoms with van der Waals surface area (Å²) in [4.78, 5) is 42.2. The van der Waals surface area contributed by atoms with Crippen LogP contribution in [0.5, 0.6) is 0 Å². The van der Waals surface area contributed by atoms with Gasteiger partial charge in [0, 0.05) is 19.6 Å². The molecule has 0 unspecified atom stereocenters. The number of benzene rings is 2. The monoisotopic (exact) mass is 408 g/mol. The Morgan fingerprint density at radius 2 is 1.53 bits per heavy atom. The van der Waals surface area contributed by atoms with E-state index in [0.29, 0.717) is 23.9 Å². The third-order valence-electron chi connectivity index (χ3n) is 5.33. The Hall–Kier alpha value is -3.19. The van der Waals surface area contributed by atoms with Crippen LogP contribution in [-0.2, 0) is 17.9 Å². The molecular formula is C23H28N4O3. The summed E-state index contributed by atoms with van der Waals surface area (Å²) in [5, 5.41) is 3.19. The fourth-order valence-corrected chi connectivity index (χ4v) is 3.49. The maximum absolute atomic E-state index is 13.1. The lowest BCUT2D eigenvalue weighted by Crippen LogP contribution is -2.42. The molecule has 0 saturated carbocycles. The molecule has 7 nitrogen and oxygen atoms in total. The lowest BCUT2D eigenvalue weighted by Gasteiger charge is -2.27. The second-order valence-corrected chi connectivity index (χ2v) is 7.21. The molecule has 0 saturated heterocycles. The highest BCUT2D eigenvalue weighted by Crippen LogP contribution is 2.07. The number of hydrogen-bond acceptors (Lipinski definition) is 4. The van der Waals surface area contributed by atoms with Gasteiger partial charge >= 0.3 is 0 Å². The number of fused-ring (bicyclic) bond motifs is 1. The van der Waals surface area contributed by atoms with Gasteiger partial charge in [-0.15, -0.1) is 0 Å². The quantitative estimate of drug-likeness (QED) is 0.588. The number of nitrogens with zero attached hydrogens (tertiary/aromatic N) is 3. The predicted molar refractivity (Wildman–Crippen MR) is 118 cm³/mol. The number of carbonyl (C=O) groups is 1. The molecule has 1 aromatic heterocycles. The van der Waals surface area contributed by atoms with Crippen LogP contribution in [0.4, 0.5) is 0 Å². The van der Waals surface area contributed by atoms with Crippen LogP contribution in [-0.4, -0.2) is 51.7 Å². The van der Waals surface area contributed by atoms with Crippen molar-refractivity contribution < 1.29 is 4.79 Å². The van der Waals surface area contributed by atoms with Crippen molar-refractivity contribution >= 4 is 16.7 Å². The Bertz CT molecular complexity index is 1100. The maximum atomic E-state index is 13.1. The van der Waals surface area contributed by atoms with Gasteiger partial charge in [0.2, 0.25) is 5.91 Å². The topological polar surface area (TPSA) is 78.4 Å². The number of nitrogens with one attached hydrogen (secondary N) is 1. The summed E-state index contributed by atoms with van der Waals surface area (Å²) in [6.45, 7) is 7.52. The molecule has 0 aliphatic rings. The number of H-pyrrole nitrogens is 1.